The van der Waals surface area contributed by atoms with Gasteiger partial charge in [-0.05, 0) is 29.9 Å². The van der Waals surface area contributed by atoms with Gasteiger partial charge in [-0.2, -0.15) is 0 Å². The average molecular weight is 200 g/mol. The number of phenolic OH excluding ortho intramolecular Hbond substituents is 1. The van der Waals surface area contributed by atoms with Crippen molar-refractivity contribution in [1.82, 2.24) is 0 Å². The van der Waals surface area contributed by atoms with Crippen molar-refractivity contribution in [3.8, 4) is 5.75 Å². The van der Waals surface area contributed by atoms with Crippen LogP contribution in [0.2, 0.25) is 5.02 Å². The van der Waals surface area contributed by atoms with E-state index in [2.05, 4.69) is 22.4 Å². The minimum absolute atomic E-state index is 0.0757. The molecule has 0 fully saturated rings. The van der Waals surface area contributed by atoms with Gasteiger partial charge in [0.15, 0.2) is 0 Å². The Kier molecular flexibility index (Phi) is 3.23. The van der Waals surface area contributed by atoms with Gasteiger partial charge in [-0.25, -0.2) is 4.99 Å². The Morgan fingerprint density at radius 3 is 2.92 bits per heavy atom. The first-order valence-electron chi connectivity index (χ1n) is 3.25. The molecule has 1 aromatic rings. The highest BCUT2D eigenvalue weighted by Crippen LogP contribution is 2.23. The molecule has 2 nitrogen and oxygen atoms in total. The number of halogens is 1. The van der Waals surface area contributed by atoms with E-state index in [0.717, 1.165) is 5.56 Å². The fourth-order valence-corrected chi connectivity index (χ4v) is 1.04. The average Bonchev–Trinajstić information content (AvgIpc) is 2.07. The normalized spacial score (nSPS) is 9.08. The fraction of sp³-hybridized carbons (Fsp3) is 0.125. The second kappa shape index (κ2) is 4.21. The van der Waals surface area contributed by atoms with Crippen molar-refractivity contribution < 1.29 is 5.11 Å². The molecule has 1 N–H and O–H groups in total. The van der Waals surface area contributed by atoms with Crippen LogP contribution >= 0.6 is 23.8 Å². The molecule has 0 unspecified atom stereocenters. The number of phenols is 1. The third-order valence-electron chi connectivity index (χ3n) is 1.34. The van der Waals surface area contributed by atoms with Crippen molar-refractivity contribution >= 4 is 29.0 Å². The number of nitrogens with zero attached hydrogens (tertiary/aromatic N) is 1. The molecule has 0 amide bonds. The smallest absolute Gasteiger partial charge is 0.134 e. The second-order valence-electron chi connectivity index (χ2n) is 2.19. The van der Waals surface area contributed by atoms with E-state index < -0.39 is 0 Å². The predicted octanol–water partition coefficient (Wildman–Crippen LogP) is 2.65. The summed E-state index contributed by atoms with van der Waals surface area (Å²) in [6.45, 7) is 0.448. The number of hydrogen-bond donors (Lipinski definition) is 1. The van der Waals surface area contributed by atoms with Gasteiger partial charge in [0.05, 0.1) is 16.7 Å². The maximum absolute atomic E-state index is 9.07. The maximum Gasteiger partial charge on any atom is 0.134 e. The van der Waals surface area contributed by atoms with E-state index in [-0.39, 0.29) is 5.75 Å². The standard InChI is InChI=1S/C8H6ClNOS/c9-7-3-6(4-10-5-12)1-2-8(7)11/h1-3,11H,4H2. The Hall–Kier alpha value is -0.890. The summed E-state index contributed by atoms with van der Waals surface area (Å²) in [5.41, 5.74) is 0.898. The van der Waals surface area contributed by atoms with Crippen LogP contribution in [0.1, 0.15) is 5.56 Å². The minimum atomic E-state index is 0.0757. The monoisotopic (exact) mass is 199 g/mol. The van der Waals surface area contributed by atoms with E-state index in [0.29, 0.717) is 11.6 Å². The number of aliphatic imine (C=N–C) groups is 1. The van der Waals surface area contributed by atoms with Gasteiger partial charge in [-0.3, -0.25) is 0 Å². The molecule has 0 radical (unpaired) electrons. The highest BCUT2D eigenvalue weighted by Gasteiger charge is 1.98. The Labute approximate surface area is 80.5 Å². The lowest BCUT2D eigenvalue weighted by atomic mass is 10.2. The van der Waals surface area contributed by atoms with Gasteiger partial charge in [0, 0.05) is 0 Å². The van der Waals surface area contributed by atoms with Gasteiger partial charge in [0.2, 0.25) is 0 Å². The SMILES string of the molecule is Oc1ccc(CN=C=S)cc1Cl. The van der Waals surface area contributed by atoms with Crippen LogP contribution in [0, 0.1) is 0 Å². The first kappa shape index (κ1) is 9.20. The molecule has 0 saturated heterocycles. The van der Waals surface area contributed by atoms with Crippen molar-refractivity contribution in [3.63, 3.8) is 0 Å². The van der Waals surface area contributed by atoms with Gasteiger partial charge in [-0.1, -0.05) is 17.7 Å². The van der Waals surface area contributed by atoms with Crippen molar-refractivity contribution in [2.75, 3.05) is 0 Å². The van der Waals surface area contributed by atoms with Crippen molar-refractivity contribution in [2.24, 2.45) is 4.99 Å². The number of isothiocyanates is 1. The third kappa shape index (κ3) is 2.31. The molecule has 0 aliphatic heterocycles. The predicted molar refractivity (Wildman–Crippen MR) is 51.8 cm³/mol. The molecule has 0 spiro atoms. The lowest BCUT2D eigenvalue weighted by Crippen LogP contribution is -1.80. The third-order valence-corrected chi connectivity index (χ3v) is 1.77. The molecular formula is C8H6ClNOS. The maximum atomic E-state index is 9.07. The van der Waals surface area contributed by atoms with Gasteiger partial charge < -0.3 is 5.11 Å². The first-order chi connectivity index (χ1) is 5.74. The largest absolute Gasteiger partial charge is 0.506 e. The Morgan fingerprint density at radius 1 is 1.58 bits per heavy atom. The molecule has 12 heavy (non-hydrogen) atoms. The summed E-state index contributed by atoms with van der Waals surface area (Å²) in [4.78, 5) is 3.74. The van der Waals surface area contributed by atoms with Crippen LogP contribution in [0.25, 0.3) is 0 Å². The summed E-state index contributed by atoms with van der Waals surface area (Å²) in [7, 11) is 0. The number of rotatable bonds is 2. The summed E-state index contributed by atoms with van der Waals surface area (Å²) in [6.07, 6.45) is 0. The van der Waals surface area contributed by atoms with Crippen LogP contribution in [-0.4, -0.2) is 10.3 Å². The quantitative estimate of drug-likeness (QED) is 0.587. The number of thiocarbonyl (C=S) groups is 1. The summed E-state index contributed by atoms with van der Waals surface area (Å²) >= 11 is 10.1. The zero-order valence-corrected chi connectivity index (χ0v) is 7.69. The Bertz CT molecular complexity index is 334. The molecule has 0 bridgehead atoms. The molecule has 0 heterocycles. The number of aromatic hydroxyl groups is 1. The number of benzene rings is 1. The van der Waals surface area contributed by atoms with Crippen LogP contribution in [0.15, 0.2) is 23.2 Å². The minimum Gasteiger partial charge on any atom is -0.506 e. The van der Waals surface area contributed by atoms with E-state index in [4.69, 9.17) is 16.7 Å². The topological polar surface area (TPSA) is 32.6 Å². The Balaban J connectivity index is 2.89. The molecule has 0 saturated carbocycles. The zero-order chi connectivity index (χ0) is 8.97. The van der Waals surface area contributed by atoms with Crippen molar-refractivity contribution in [2.45, 2.75) is 6.54 Å². The van der Waals surface area contributed by atoms with Crippen molar-refractivity contribution in [1.29, 1.82) is 0 Å². The summed E-state index contributed by atoms with van der Waals surface area (Å²) in [5.74, 6) is 0.0757. The van der Waals surface area contributed by atoms with Crippen LogP contribution in [0.4, 0.5) is 0 Å². The molecule has 4 heteroatoms. The van der Waals surface area contributed by atoms with E-state index in [1.165, 1.54) is 6.07 Å². The van der Waals surface area contributed by atoms with Gasteiger partial charge in [0.1, 0.15) is 5.75 Å². The molecule has 1 aromatic carbocycles. The van der Waals surface area contributed by atoms with Crippen LogP contribution in [0.3, 0.4) is 0 Å². The van der Waals surface area contributed by atoms with E-state index in [9.17, 15) is 0 Å². The lowest BCUT2D eigenvalue weighted by Gasteiger charge is -1.98. The fourth-order valence-electron chi connectivity index (χ4n) is 0.772. The summed E-state index contributed by atoms with van der Waals surface area (Å²) in [6, 6.07) is 4.90. The van der Waals surface area contributed by atoms with E-state index in [1.807, 2.05) is 0 Å². The summed E-state index contributed by atoms with van der Waals surface area (Å²) in [5, 5.41) is 11.6. The molecule has 0 aliphatic rings. The highest BCUT2D eigenvalue weighted by atomic mass is 35.5. The van der Waals surface area contributed by atoms with Gasteiger partial charge in [0.25, 0.3) is 0 Å². The molecule has 1 rings (SSSR count). The van der Waals surface area contributed by atoms with E-state index >= 15 is 0 Å². The van der Waals surface area contributed by atoms with Crippen LogP contribution in [0.5, 0.6) is 5.75 Å². The molecule has 62 valence electrons. The first-order valence-corrected chi connectivity index (χ1v) is 4.03. The van der Waals surface area contributed by atoms with E-state index in [1.54, 1.807) is 12.1 Å². The zero-order valence-electron chi connectivity index (χ0n) is 6.12. The highest BCUT2D eigenvalue weighted by molar-refractivity contribution is 7.78. The van der Waals surface area contributed by atoms with Gasteiger partial charge >= 0.3 is 0 Å². The molecular weight excluding hydrogens is 194 g/mol. The Morgan fingerprint density at radius 2 is 2.33 bits per heavy atom. The second-order valence-corrected chi connectivity index (χ2v) is 2.78. The van der Waals surface area contributed by atoms with Crippen LogP contribution < -0.4 is 0 Å². The molecule has 0 atom stereocenters. The summed E-state index contributed by atoms with van der Waals surface area (Å²) < 4.78 is 0. The lowest BCUT2D eigenvalue weighted by molar-refractivity contribution is 0.475. The molecule has 0 aliphatic carbocycles. The van der Waals surface area contributed by atoms with Crippen molar-refractivity contribution in [3.05, 3.63) is 28.8 Å². The molecule has 0 aromatic heterocycles. The van der Waals surface area contributed by atoms with Crippen LogP contribution in [-0.2, 0) is 6.54 Å². The van der Waals surface area contributed by atoms with Gasteiger partial charge in [-0.15, -0.1) is 0 Å². The number of hydrogen-bond acceptors (Lipinski definition) is 3.